The molecule has 1 saturated heterocycles. The smallest absolute Gasteiger partial charge is 0.330 e. The highest BCUT2D eigenvalue weighted by Crippen LogP contribution is 2.40. The van der Waals surface area contributed by atoms with E-state index in [9.17, 15) is 9.59 Å². The third-order valence-electron chi connectivity index (χ3n) is 4.53. The van der Waals surface area contributed by atoms with Crippen LogP contribution in [0, 0.1) is 6.92 Å². The zero-order chi connectivity index (χ0) is 16.4. The zero-order valence-electron chi connectivity index (χ0n) is 13.5. The summed E-state index contributed by atoms with van der Waals surface area (Å²) in [7, 11) is 1.33. The molecule has 5 heteroatoms. The van der Waals surface area contributed by atoms with Crippen molar-refractivity contribution < 1.29 is 19.1 Å². The molecule has 1 aromatic rings. The van der Waals surface area contributed by atoms with Gasteiger partial charge < -0.3 is 14.8 Å². The second-order valence-electron chi connectivity index (χ2n) is 6.21. The summed E-state index contributed by atoms with van der Waals surface area (Å²) in [6.45, 7) is 3.69. The lowest BCUT2D eigenvalue weighted by Gasteiger charge is -2.41. The number of aryl methyl sites for hydroxylation is 1. The van der Waals surface area contributed by atoms with Crippen LogP contribution in [0.1, 0.15) is 40.7 Å². The lowest BCUT2D eigenvalue weighted by Crippen LogP contribution is -2.49. The first kappa shape index (κ1) is 15.7. The highest BCUT2D eigenvalue weighted by molar-refractivity contribution is 6.01. The number of piperidine rings is 1. The molecule has 0 unspecified atom stereocenters. The fourth-order valence-electron chi connectivity index (χ4n) is 3.27. The molecule has 1 fully saturated rings. The van der Waals surface area contributed by atoms with Crippen LogP contribution < -0.4 is 10.1 Å². The molecule has 2 heterocycles. The van der Waals surface area contributed by atoms with Crippen LogP contribution in [-0.2, 0) is 9.53 Å². The van der Waals surface area contributed by atoms with Gasteiger partial charge in [-0.05, 0) is 49.3 Å². The van der Waals surface area contributed by atoms with Gasteiger partial charge in [0.2, 0.25) is 0 Å². The van der Waals surface area contributed by atoms with Gasteiger partial charge in [0.25, 0.3) is 0 Å². The van der Waals surface area contributed by atoms with Gasteiger partial charge in [-0.25, -0.2) is 4.79 Å². The molecule has 0 atom stereocenters. The van der Waals surface area contributed by atoms with Crippen molar-refractivity contribution in [3.8, 4) is 5.75 Å². The number of Topliss-reactive ketones (excluding diaryl/α,β-unsaturated/α-hetero) is 1. The number of benzene rings is 1. The Morgan fingerprint density at radius 2 is 2.09 bits per heavy atom. The van der Waals surface area contributed by atoms with Crippen molar-refractivity contribution in [3.05, 3.63) is 34.9 Å². The van der Waals surface area contributed by atoms with E-state index in [0.717, 1.165) is 37.1 Å². The molecule has 0 amide bonds. The topological polar surface area (TPSA) is 64.6 Å². The molecule has 23 heavy (non-hydrogen) atoms. The van der Waals surface area contributed by atoms with Gasteiger partial charge in [-0.15, -0.1) is 0 Å². The normalized spacial score (nSPS) is 19.5. The van der Waals surface area contributed by atoms with E-state index < -0.39 is 5.97 Å². The number of hydrogen-bond acceptors (Lipinski definition) is 5. The minimum absolute atomic E-state index is 0.115. The molecule has 2 aliphatic heterocycles. The van der Waals surface area contributed by atoms with Gasteiger partial charge in [-0.3, -0.25) is 4.79 Å². The van der Waals surface area contributed by atoms with Crippen molar-refractivity contribution in [2.24, 2.45) is 0 Å². The van der Waals surface area contributed by atoms with Gasteiger partial charge >= 0.3 is 5.97 Å². The predicted octanol–water partition coefficient (Wildman–Crippen LogP) is 2.27. The van der Waals surface area contributed by atoms with Crippen molar-refractivity contribution in [3.63, 3.8) is 0 Å². The molecule has 1 spiro atoms. The van der Waals surface area contributed by atoms with Gasteiger partial charge in [0.05, 0.1) is 19.1 Å². The maximum absolute atomic E-state index is 12.6. The summed E-state index contributed by atoms with van der Waals surface area (Å²) in [6, 6.07) is 3.71. The van der Waals surface area contributed by atoms with E-state index in [-0.39, 0.29) is 11.4 Å². The monoisotopic (exact) mass is 315 g/mol. The standard InChI is InChI=1S/C18H21NO4/c1-12-9-13(3-4-16(21)22-2)10-14-15(20)11-18(23-17(12)14)5-7-19-8-6-18/h3-4,9-10,19H,5-8,11H2,1-2H3/b4-3+. The Labute approximate surface area is 135 Å². The van der Waals surface area contributed by atoms with Crippen LogP contribution in [0.15, 0.2) is 18.2 Å². The van der Waals surface area contributed by atoms with Crippen molar-refractivity contribution >= 4 is 17.8 Å². The number of carbonyl (C=O) groups excluding carboxylic acids is 2. The van der Waals surface area contributed by atoms with Crippen LogP contribution in [0.5, 0.6) is 5.75 Å². The molecule has 122 valence electrons. The summed E-state index contributed by atoms with van der Waals surface area (Å²) in [5.74, 6) is 0.388. The number of hydrogen-bond donors (Lipinski definition) is 1. The predicted molar refractivity (Wildman–Crippen MR) is 86.6 cm³/mol. The third kappa shape index (κ3) is 3.15. The molecule has 0 radical (unpaired) electrons. The van der Waals surface area contributed by atoms with E-state index in [1.165, 1.54) is 13.2 Å². The number of carbonyl (C=O) groups is 2. The van der Waals surface area contributed by atoms with Crippen LogP contribution in [0.25, 0.3) is 6.08 Å². The van der Waals surface area contributed by atoms with Gasteiger partial charge in [-0.1, -0.05) is 0 Å². The first-order valence-corrected chi connectivity index (χ1v) is 7.87. The Balaban J connectivity index is 1.93. The molecule has 5 nitrogen and oxygen atoms in total. The summed E-state index contributed by atoms with van der Waals surface area (Å²) in [5.41, 5.74) is 1.96. The molecule has 0 aromatic heterocycles. The average molecular weight is 315 g/mol. The van der Waals surface area contributed by atoms with Crippen molar-refractivity contribution in [1.29, 1.82) is 0 Å². The molecule has 0 bridgehead atoms. The van der Waals surface area contributed by atoms with Crippen LogP contribution in [0.3, 0.4) is 0 Å². The highest BCUT2D eigenvalue weighted by atomic mass is 16.5. The van der Waals surface area contributed by atoms with Gasteiger partial charge in [0.15, 0.2) is 5.78 Å². The molecular formula is C18H21NO4. The van der Waals surface area contributed by atoms with Gasteiger partial charge in [-0.2, -0.15) is 0 Å². The van der Waals surface area contributed by atoms with E-state index in [0.29, 0.717) is 17.7 Å². The van der Waals surface area contributed by atoms with Crippen LogP contribution >= 0.6 is 0 Å². The van der Waals surface area contributed by atoms with Crippen molar-refractivity contribution in [2.75, 3.05) is 20.2 Å². The number of methoxy groups -OCH3 is 1. The Hall–Kier alpha value is -2.14. The van der Waals surface area contributed by atoms with Crippen molar-refractivity contribution in [2.45, 2.75) is 31.8 Å². The lowest BCUT2D eigenvalue weighted by molar-refractivity contribution is -0.134. The second kappa shape index (κ2) is 6.16. The van der Waals surface area contributed by atoms with Gasteiger partial charge in [0.1, 0.15) is 11.4 Å². The van der Waals surface area contributed by atoms with Crippen molar-refractivity contribution in [1.82, 2.24) is 5.32 Å². The summed E-state index contributed by atoms with van der Waals surface area (Å²) >= 11 is 0. The summed E-state index contributed by atoms with van der Waals surface area (Å²) in [6.07, 6.45) is 5.12. The Morgan fingerprint density at radius 1 is 1.35 bits per heavy atom. The molecule has 1 N–H and O–H groups in total. The highest BCUT2D eigenvalue weighted by Gasteiger charge is 2.41. The van der Waals surface area contributed by atoms with E-state index in [2.05, 4.69) is 10.1 Å². The minimum atomic E-state index is -0.420. The lowest BCUT2D eigenvalue weighted by atomic mass is 9.82. The Kier molecular flexibility index (Phi) is 4.22. The van der Waals surface area contributed by atoms with E-state index >= 15 is 0 Å². The molecule has 0 saturated carbocycles. The van der Waals surface area contributed by atoms with E-state index in [1.807, 2.05) is 13.0 Å². The molecule has 0 aliphatic carbocycles. The summed E-state index contributed by atoms with van der Waals surface area (Å²) in [5, 5.41) is 3.31. The molecule has 1 aromatic carbocycles. The van der Waals surface area contributed by atoms with E-state index in [4.69, 9.17) is 4.74 Å². The van der Waals surface area contributed by atoms with Gasteiger partial charge in [0, 0.05) is 18.9 Å². The molecular weight excluding hydrogens is 294 g/mol. The number of esters is 1. The molecule has 3 rings (SSSR count). The fraction of sp³-hybridized carbons (Fsp3) is 0.444. The SMILES string of the molecule is COC(=O)/C=C/c1cc(C)c2c(c1)C(=O)CC1(CCNCC1)O2. The number of ketones is 1. The quantitative estimate of drug-likeness (QED) is 0.670. The largest absolute Gasteiger partial charge is 0.486 e. The number of ether oxygens (including phenoxy) is 2. The first-order valence-electron chi connectivity index (χ1n) is 7.87. The average Bonchev–Trinajstić information content (AvgIpc) is 2.54. The summed E-state index contributed by atoms with van der Waals surface area (Å²) < 4.78 is 10.9. The number of rotatable bonds is 2. The number of fused-ring (bicyclic) bond motifs is 1. The Morgan fingerprint density at radius 3 is 2.78 bits per heavy atom. The van der Waals surface area contributed by atoms with Crippen LogP contribution in [-0.4, -0.2) is 37.6 Å². The maximum Gasteiger partial charge on any atom is 0.330 e. The zero-order valence-corrected chi connectivity index (χ0v) is 13.5. The second-order valence-corrected chi connectivity index (χ2v) is 6.21. The van der Waals surface area contributed by atoms with E-state index in [1.54, 1.807) is 12.1 Å². The fourth-order valence-corrected chi connectivity index (χ4v) is 3.27. The summed E-state index contributed by atoms with van der Waals surface area (Å²) in [4.78, 5) is 23.9. The van der Waals surface area contributed by atoms with Crippen LogP contribution in [0.4, 0.5) is 0 Å². The third-order valence-corrected chi connectivity index (χ3v) is 4.53. The number of nitrogens with one attached hydrogen (secondary N) is 1. The molecule has 2 aliphatic rings. The first-order chi connectivity index (χ1) is 11.0. The minimum Gasteiger partial charge on any atom is -0.486 e. The van der Waals surface area contributed by atoms with Crippen LogP contribution in [0.2, 0.25) is 0 Å². The Bertz CT molecular complexity index is 672. The maximum atomic E-state index is 12.6.